The van der Waals surface area contributed by atoms with Crippen LogP contribution in [0, 0.1) is 11.8 Å². The van der Waals surface area contributed by atoms with E-state index in [0.29, 0.717) is 18.3 Å². The molecule has 0 radical (unpaired) electrons. The summed E-state index contributed by atoms with van der Waals surface area (Å²) in [6.45, 7) is 10.4. The van der Waals surface area contributed by atoms with Gasteiger partial charge in [0, 0.05) is 6.04 Å². The first-order valence-corrected chi connectivity index (χ1v) is 7.91. The molecular weight excluding hydrogens is 268 g/mol. The summed E-state index contributed by atoms with van der Waals surface area (Å²) in [5, 5.41) is 5.58. The molecule has 0 aliphatic carbocycles. The summed E-state index contributed by atoms with van der Waals surface area (Å²) in [7, 11) is 1.34. The highest BCUT2D eigenvalue weighted by molar-refractivity contribution is 5.83. The van der Waals surface area contributed by atoms with Gasteiger partial charge in [-0.05, 0) is 31.6 Å². The Kier molecular flexibility index (Phi) is 9.84. The fourth-order valence-electron chi connectivity index (χ4n) is 2.16. The number of hydrogen-bond donors (Lipinski definition) is 2. The van der Waals surface area contributed by atoms with Gasteiger partial charge in [0.25, 0.3) is 0 Å². The number of urea groups is 1. The molecule has 2 unspecified atom stereocenters. The van der Waals surface area contributed by atoms with E-state index in [1.165, 1.54) is 7.11 Å². The summed E-state index contributed by atoms with van der Waals surface area (Å²) in [5.74, 6) is 0.588. The van der Waals surface area contributed by atoms with Gasteiger partial charge in [0.05, 0.1) is 7.11 Å². The molecule has 0 rings (SSSR count). The van der Waals surface area contributed by atoms with Crippen LogP contribution in [0.15, 0.2) is 0 Å². The van der Waals surface area contributed by atoms with E-state index in [1.54, 1.807) is 0 Å². The van der Waals surface area contributed by atoms with E-state index in [2.05, 4.69) is 24.5 Å². The lowest BCUT2D eigenvalue weighted by Crippen LogP contribution is -2.49. The lowest BCUT2D eigenvalue weighted by atomic mass is 10.0. The van der Waals surface area contributed by atoms with Crippen molar-refractivity contribution in [2.45, 2.75) is 72.4 Å². The number of methoxy groups -OCH3 is 1. The van der Waals surface area contributed by atoms with Crippen LogP contribution in [-0.2, 0) is 9.53 Å². The van der Waals surface area contributed by atoms with Crippen LogP contribution in [0.2, 0.25) is 0 Å². The lowest BCUT2D eigenvalue weighted by molar-refractivity contribution is -0.143. The smallest absolute Gasteiger partial charge is 0.328 e. The molecule has 0 heterocycles. The third-order valence-electron chi connectivity index (χ3n) is 3.29. The predicted octanol–water partition coefficient (Wildman–Crippen LogP) is 3.09. The topological polar surface area (TPSA) is 67.4 Å². The van der Waals surface area contributed by atoms with Crippen molar-refractivity contribution in [3.8, 4) is 0 Å². The van der Waals surface area contributed by atoms with E-state index in [9.17, 15) is 9.59 Å². The van der Waals surface area contributed by atoms with Crippen LogP contribution in [-0.4, -0.2) is 31.2 Å². The fourth-order valence-corrected chi connectivity index (χ4v) is 2.16. The molecule has 0 fully saturated rings. The second kappa shape index (κ2) is 10.5. The number of ether oxygens (including phenoxy) is 1. The van der Waals surface area contributed by atoms with Gasteiger partial charge in [-0.2, -0.15) is 0 Å². The number of rotatable bonds is 9. The van der Waals surface area contributed by atoms with Crippen molar-refractivity contribution in [1.29, 1.82) is 0 Å². The highest BCUT2D eigenvalue weighted by Crippen LogP contribution is 2.09. The van der Waals surface area contributed by atoms with Crippen LogP contribution >= 0.6 is 0 Å². The van der Waals surface area contributed by atoms with Crippen LogP contribution < -0.4 is 10.6 Å². The van der Waals surface area contributed by atoms with Crippen molar-refractivity contribution in [2.75, 3.05) is 7.11 Å². The molecule has 2 N–H and O–H groups in total. The summed E-state index contributed by atoms with van der Waals surface area (Å²) < 4.78 is 4.73. The first-order valence-electron chi connectivity index (χ1n) is 7.91. The number of esters is 1. The molecule has 0 bridgehead atoms. The fraction of sp³-hybridized carbons (Fsp3) is 0.875. The van der Waals surface area contributed by atoms with E-state index >= 15 is 0 Å². The summed E-state index contributed by atoms with van der Waals surface area (Å²) in [4.78, 5) is 23.6. The lowest BCUT2D eigenvalue weighted by Gasteiger charge is -2.20. The van der Waals surface area contributed by atoms with Gasteiger partial charge in [-0.1, -0.05) is 40.5 Å². The van der Waals surface area contributed by atoms with Gasteiger partial charge in [-0.15, -0.1) is 0 Å². The minimum atomic E-state index is -0.585. The highest BCUT2D eigenvalue weighted by atomic mass is 16.5. The Hall–Kier alpha value is -1.26. The third-order valence-corrected chi connectivity index (χ3v) is 3.29. The van der Waals surface area contributed by atoms with E-state index in [4.69, 9.17) is 4.74 Å². The van der Waals surface area contributed by atoms with Crippen LogP contribution in [0.5, 0.6) is 0 Å². The largest absolute Gasteiger partial charge is 0.467 e. The zero-order valence-corrected chi connectivity index (χ0v) is 14.4. The summed E-state index contributed by atoms with van der Waals surface area (Å²) in [6, 6.07) is -0.790. The average Bonchev–Trinajstić information content (AvgIpc) is 2.35. The normalized spacial score (nSPS) is 13.9. The predicted molar refractivity (Wildman–Crippen MR) is 85.1 cm³/mol. The SMILES string of the molecule is COC(=O)C(CC(C)C)NC(=O)NC(C)CCCC(C)C. The van der Waals surface area contributed by atoms with E-state index < -0.39 is 12.0 Å². The molecule has 0 aromatic carbocycles. The molecule has 0 aromatic rings. The maximum atomic E-state index is 11.9. The standard InChI is InChI=1S/C16H32N2O3/c1-11(2)8-7-9-13(5)17-16(20)18-14(10-12(3)4)15(19)21-6/h11-14H,7-10H2,1-6H3,(H2,17,18,20). The Balaban J connectivity index is 4.20. The van der Waals surface area contributed by atoms with E-state index in [0.717, 1.165) is 19.3 Å². The second-order valence-electron chi connectivity index (χ2n) is 6.55. The van der Waals surface area contributed by atoms with E-state index in [1.807, 2.05) is 20.8 Å². The third kappa shape index (κ3) is 10.2. The maximum Gasteiger partial charge on any atom is 0.328 e. The van der Waals surface area contributed by atoms with Crippen molar-refractivity contribution < 1.29 is 14.3 Å². The number of carbonyl (C=O) groups excluding carboxylic acids is 2. The van der Waals surface area contributed by atoms with Gasteiger partial charge >= 0.3 is 12.0 Å². The van der Waals surface area contributed by atoms with Gasteiger partial charge in [0.2, 0.25) is 0 Å². The van der Waals surface area contributed by atoms with Gasteiger partial charge in [-0.25, -0.2) is 9.59 Å². The zero-order valence-electron chi connectivity index (χ0n) is 14.4. The summed E-state index contributed by atoms with van der Waals surface area (Å²) in [6.07, 6.45) is 3.76. The number of carbonyl (C=O) groups is 2. The minimum absolute atomic E-state index is 0.0982. The Morgan fingerprint density at radius 1 is 0.952 bits per heavy atom. The molecule has 0 aromatic heterocycles. The molecule has 0 saturated heterocycles. The minimum Gasteiger partial charge on any atom is -0.467 e. The Morgan fingerprint density at radius 3 is 2.05 bits per heavy atom. The van der Waals surface area contributed by atoms with Crippen LogP contribution in [0.3, 0.4) is 0 Å². The Morgan fingerprint density at radius 2 is 1.57 bits per heavy atom. The summed E-state index contributed by atoms with van der Waals surface area (Å²) >= 11 is 0. The monoisotopic (exact) mass is 300 g/mol. The van der Waals surface area contributed by atoms with Gasteiger partial charge in [-0.3, -0.25) is 0 Å². The first kappa shape index (κ1) is 19.7. The molecule has 0 aliphatic heterocycles. The molecule has 5 nitrogen and oxygen atoms in total. The van der Waals surface area contributed by atoms with Crippen LogP contribution in [0.1, 0.15) is 60.3 Å². The molecule has 124 valence electrons. The van der Waals surface area contributed by atoms with E-state index in [-0.39, 0.29) is 12.1 Å². The van der Waals surface area contributed by atoms with Gasteiger partial charge in [0.1, 0.15) is 6.04 Å². The summed E-state index contributed by atoms with van der Waals surface area (Å²) in [5.41, 5.74) is 0. The number of hydrogen-bond acceptors (Lipinski definition) is 3. The molecule has 0 spiro atoms. The van der Waals surface area contributed by atoms with Crippen LogP contribution in [0.25, 0.3) is 0 Å². The zero-order chi connectivity index (χ0) is 16.4. The first-order chi connectivity index (χ1) is 9.76. The number of amides is 2. The molecule has 0 saturated carbocycles. The van der Waals surface area contributed by atoms with Crippen molar-refractivity contribution in [3.05, 3.63) is 0 Å². The molecule has 21 heavy (non-hydrogen) atoms. The Labute approximate surface area is 129 Å². The highest BCUT2D eigenvalue weighted by Gasteiger charge is 2.22. The molecular formula is C16H32N2O3. The molecule has 2 amide bonds. The average molecular weight is 300 g/mol. The van der Waals surface area contributed by atoms with Crippen LogP contribution in [0.4, 0.5) is 4.79 Å². The van der Waals surface area contributed by atoms with Crippen molar-refractivity contribution >= 4 is 12.0 Å². The molecule has 0 aliphatic rings. The van der Waals surface area contributed by atoms with Crippen molar-refractivity contribution in [2.24, 2.45) is 11.8 Å². The quantitative estimate of drug-likeness (QED) is 0.643. The van der Waals surface area contributed by atoms with Gasteiger partial charge in [0.15, 0.2) is 0 Å². The number of nitrogens with one attached hydrogen (secondary N) is 2. The maximum absolute atomic E-state index is 11.9. The molecule has 5 heteroatoms. The Bertz CT molecular complexity index is 317. The van der Waals surface area contributed by atoms with Crippen molar-refractivity contribution in [3.63, 3.8) is 0 Å². The van der Waals surface area contributed by atoms with Gasteiger partial charge < -0.3 is 15.4 Å². The second-order valence-corrected chi connectivity index (χ2v) is 6.55. The van der Waals surface area contributed by atoms with Crippen molar-refractivity contribution in [1.82, 2.24) is 10.6 Å². The molecule has 2 atom stereocenters.